The second kappa shape index (κ2) is 9.78. The highest BCUT2D eigenvalue weighted by Gasteiger charge is 2.32. The third kappa shape index (κ3) is 4.05. The summed E-state index contributed by atoms with van der Waals surface area (Å²) in [4.78, 5) is 33.4. The molecule has 3 aliphatic heterocycles. The Balaban J connectivity index is 1.47. The third-order valence-electron chi connectivity index (χ3n) is 8.40. The molecular weight excluding hydrogens is 507 g/mol. The maximum Gasteiger partial charge on any atom is 0.259 e. The Bertz CT molecular complexity index is 1690. The Morgan fingerprint density at radius 3 is 2.38 bits per heavy atom. The Kier molecular flexibility index (Phi) is 6.08. The lowest BCUT2D eigenvalue weighted by molar-refractivity contribution is 0.0722. The van der Waals surface area contributed by atoms with Gasteiger partial charge in [0.25, 0.3) is 5.91 Å². The Morgan fingerprint density at radius 1 is 0.875 bits per heavy atom. The number of hydrogen-bond acceptors (Lipinski definition) is 5. The van der Waals surface area contributed by atoms with E-state index >= 15 is 4.39 Å². The van der Waals surface area contributed by atoms with Gasteiger partial charge in [-0.25, -0.2) is 4.39 Å². The Labute approximate surface area is 232 Å². The molecule has 0 aliphatic carbocycles. The fourth-order valence-corrected chi connectivity index (χ4v) is 6.16. The van der Waals surface area contributed by atoms with Gasteiger partial charge in [0.15, 0.2) is 17.3 Å². The quantitative estimate of drug-likeness (QED) is 0.313. The van der Waals surface area contributed by atoms with Crippen molar-refractivity contribution in [3.8, 4) is 28.3 Å². The number of likely N-dealkylation sites (N-methyl/N-ethyl adjacent to an activating group) is 1. The van der Waals surface area contributed by atoms with Crippen molar-refractivity contribution in [2.45, 2.75) is 19.3 Å². The van der Waals surface area contributed by atoms with E-state index in [2.05, 4.69) is 4.90 Å². The van der Waals surface area contributed by atoms with Crippen LogP contribution in [0.25, 0.3) is 27.7 Å². The summed E-state index contributed by atoms with van der Waals surface area (Å²) in [6.45, 7) is 4.12. The zero-order valence-electron chi connectivity index (χ0n) is 22.5. The lowest BCUT2D eigenvalue weighted by atomic mass is 10.0. The third-order valence-corrected chi connectivity index (χ3v) is 8.40. The van der Waals surface area contributed by atoms with Crippen molar-refractivity contribution >= 4 is 22.5 Å². The molecule has 4 aromatic rings. The molecule has 204 valence electrons. The van der Waals surface area contributed by atoms with E-state index in [9.17, 15) is 9.59 Å². The number of nitrogens with zero attached hydrogens (tertiary/aromatic N) is 4. The number of piperidine rings is 1. The summed E-state index contributed by atoms with van der Waals surface area (Å²) in [5.74, 6) is 0.0680. The van der Waals surface area contributed by atoms with Crippen LogP contribution in [0.15, 0.2) is 65.6 Å². The zero-order valence-corrected chi connectivity index (χ0v) is 22.5. The number of piperazine rings is 1. The molecule has 3 aliphatic rings. The summed E-state index contributed by atoms with van der Waals surface area (Å²) >= 11 is 0. The molecule has 3 aromatic carbocycles. The number of likely N-dealkylation sites (tertiary alicyclic amines) is 1. The summed E-state index contributed by atoms with van der Waals surface area (Å²) in [5, 5.41) is 0.156. The summed E-state index contributed by atoms with van der Waals surface area (Å²) in [7, 11) is 2.05. The molecule has 7 rings (SSSR count). The number of ether oxygens (including phenoxy) is 1. The number of halogens is 1. The molecular formula is C32H31FN4O3. The van der Waals surface area contributed by atoms with E-state index < -0.39 is 11.2 Å². The molecule has 40 heavy (non-hydrogen) atoms. The van der Waals surface area contributed by atoms with Crippen molar-refractivity contribution < 1.29 is 13.9 Å². The van der Waals surface area contributed by atoms with Crippen LogP contribution >= 0.6 is 0 Å². The summed E-state index contributed by atoms with van der Waals surface area (Å²) < 4.78 is 24.3. The van der Waals surface area contributed by atoms with E-state index in [1.165, 1.54) is 6.07 Å². The number of aromatic nitrogens is 1. The van der Waals surface area contributed by atoms with Crippen LogP contribution in [0.3, 0.4) is 0 Å². The monoisotopic (exact) mass is 538 g/mol. The van der Waals surface area contributed by atoms with Crippen molar-refractivity contribution in [1.29, 1.82) is 0 Å². The van der Waals surface area contributed by atoms with Crippen LogP contribution < -0.4 is 15.1 Å². The van der Waals surface area contributed by atoms with Gasteiger partial charge in [-0.05, 0) is 55.6 Å². The first kappa shape index (κ1) is 24.8. The lowest BCUT2D eigenvalue weighted by Crippen LogP contribution is -2.45. The number of carbonyl (C=O) groups excluding carboxylic acids is 1. The lowest BCUT2D eigenvalue weighted by Gasteiger charge is -2.36. The number of pyridine rings is 1. The molecule has 2 saturated heterocycles. The Hall–Kier alpha value is -4.17. The van der Waals surface area contributed by atoms with Crippen LogP contribution in [-0.4, -0.2) is 66.6 Å². The first-order valence-corrected chi connectivity index (χ1v) is 14.0. The minimum absolute atomic E-state index is 0.0602. The SMILES string of the molecule is CN1CCN(c2c(F)cc3c(=O)c(C(=O)N4CCCCC4)cn4c3c2Oc2ccc(-c3ccccc3)cc2-4)CC1. The minimum atomic E-state index is -0.511. The second-order valence-corrected chi connectivity index (χ2v) is 11.0. The fourth-order valence-electron chi connectivity index (χ4n) is 6.16. The van der Waals surface area contributed by atoms with Crippen LogP contribution in [0.1, 0.15) is 29.6 Å². The molecule has 1 aromatic heterocycles. The normalized spacial score (nSPS) is 17.1. The first-order chi connectivity index (χ1) is 19.5. The number of benzene rings is 3. The molecule has 2 fully saturated rings. The minimum Gasteiger partial charge on any atom is -0.451 e. The van der Waals surface area contributed by atoms with E-state index in [0.717, 1.165) is 43.5 Å². The van der Waals surface area contributed by atoms with Gasteiger partial charge in [0, 0.05) is 45.5 Å². The van der Waals surface area contributed by atoms with Crippen molar-refractivity contribution in [3.63, 3.8) is 0 Å². The second-order valence-electron chi connectivity index (χ2n) is 11.0. The molecule has 1 amide bonds. The van der Waals surface area contributed by atoms with Crippen LogP contribution in [-0.2, 0) is 0 Å². The molecule has 0 N–H and O–H groups in total. The topological polar surface area (TPSA) is 58.0 Å². The van der Waals surface area contributed by atoms with E-state index in [1.54, 1.807) is 11.1 Å². The van der Waals surface area contributed by atoms with Crippen molar-refractivity contribution in [1.82, 2.24) is 14.4 Å². The van der Waals surface area contributed by atoms with E-state index in [4.69, 9.17) is 4.74 Å². The van der Waals surface area contributed by atoms with Gasteiger partial charge in [-0.2, -0.15) is 0 Å². The average Bonchev–Trinajstić information content (AvgIpc) is 2.99. The van der Waals surface area contributed by atoms with Crippen LogP contribution in [0.4, 0.5) is 10.1 Å². The summed E-state index contributed by atoms with van der Waals surface area (Å²) in [6.07, 6.45) is 4.55. The van der Waals surface area contributed by atoms with Crippen LogP contribution in [0.5, 0.6) is 11.5 Å². The smallest absolute Gasteiger partial charge is 0.259 e. The number of anilines is 1. The molecule has 0 saturated carbocycles. The van der Waals surface area contributed by atoms with Gasteiger partial charge in [-0.1, -0.05) is 36.4 Å². The Morgan fingerprint density at radius 2 is 1.62 bits per heavy atom. The molecule has 0 radical (unpaired) electrons. The van der Waals surface area contributed by atoms with Gasteiger partial charge in [-0.3, -0.25) is 9.59 Å². The highest BCUT2D eigenvalue weighted by atomic mass is 19.1. The van der Waals surface area contributed by atoms with Gasteiger partial charge in [0.1, 0.15) is 16.8 Å². The fraction of sp³-hybridized carbons (Fsp3) is 0.312. The molecule has 0 spiro atoms. The largest absolute Gasteiger partial charge is 0.451 e. The molecule has 0 atom stereocenters. The first-order valence-electron chi connectivity index (χ1n) is 14.0. The van der Waals surface area contributed by atoms with E-state index in [1.807, 2.05) is 65.0 Å². The van der Waals surface area contributed by atoms with Gasteiger partial charge in [0.05, 0.1) is 11.1 Å². The standard InChI is InChI=1S/C32H31FN4O3/c1-34-14-16-35(17-15-34)29-25(33)19-23-28-31(29)40-27-11-10-22(21-8-4-2-5-9-21)18-26(27)37(28)20-24(30(23)38)32(39)36-12-6-3-7-13-36/h2,4-5,8-11,18-20H,3,6-7,12-17H2,1H3. The molecule has 0 unspecified atom stereocenters. The molecule has 8 heteroatoms. The number of hydrogen-bond donors (Lipinski definition) is 0. The highest BCUT2D eigenvalue weighted by molar-refractivity contribution is 6.01. The number of rotatable bonds is 3. The van der Waals surface area contributed by atoms with Crippen molar-refractivity contribution in [3.05, 3.63) is 82.4 Å². The van der Waals surface area contributed by atoms with Gasteiger partial charge < -0.3 is 24.0 Å². The maximum absolute atomic E-state index is 16.0. The molecule has 7 nitrogen and oxygen atoms in total. The number of fused-ring (bicyclic) bond motifs is 2. The predicted molar refractivity (Wildman–Crippen MR) is 154 cm³/mol. The van der Waals surface area contributed by atoms with Gasteiger partial charge >= 0.3 is 0 Å². The van der Waals surface area contributed by atoms with Crippen LogP contribution in [0, 0.1) is 5.82 Å². The summed E-state index contributed by atoms with van der Waals surface area (Å²) in [6, 6.07) is 17.2. The van der Waals surface area contributed by atoms with E-state index in [-0.39, 0.29) is 16.9 Å². The highest BCUT2D eigenvalue weighted by Crippen LogP contribution is 2.47. The van der Waals surface area contributed by atoms with Crippen LogP contribution in [0.2, 0.25) is 0 Å². The molecule has 4 heterocycles. The predicted octanol–water partition coefficient (Wildman–Crippen LogP) is 5.28. The van der Waals surface area contributed by atoms with Gasteiger partial charge in [-0.15, -0.1) is 0 Å². The van der Waals surface area contributed by atoms with Gasteiger partial charge in [0.2, 0.25) is 5.43 Å². The maximum atomic E-state index is 16.0. The zero-order chi connectivity index (χ0) is 27.4. The van der Waals surface area contributed by atoms with E-state index in [0.29, 0.717) is 54.6 Å². The molecule has 0 bridgehead atoms. The average molecular weight is 539 g/mol. The summed E-state index contributed by atoms with van der Waals surface area (Å²) in [5.41, 5.74) is 3.18. The van der Waals surface area contributed by atoms with Crippen molar-refractivity contribution in [2.75, 3.05) is 51.2 Å². The number of carbonyl (C=O) groups is 1. The number of amides is 1. The van der Waals surface area contributed by atoms with Crippen molar-refractivity contribution in [2.24, 2.45) is 0 Å².